The number of amides is 1. The average molecular weight is 373 g/mol. The number of carbonyl (C=O) groups excluding carboxylic acids is 1. The number of hydrogen-bond acceptors (Lipinski definition) is 7. The van der Waals surface area contributed by atoms with Crippen LogP contribution in [0.2, 0.25) is 0 Å². The van der Waals surface area contributed by atoms with Crippen LogP contribution in [0.15, 0.2) is 41.5 Å². The van der Waals surface area contributed by atoms with Gasteiger partial charge in [0.25, 0.3) is 0 Å². The summed E-state index contributed by atoms with van der Waals surface area (Å²) in [5.41, 5.74) is 3.37. The van der Waals surface area contributed by atoms with Gasteiger partial charge in [0.05, 0.1) is 38.9 Å². The maximum Gasteiger partial charge on any atom is 0.311 e. The van der Waals surface area contributed by atoms with E-state index in [2.05, 4.69) is 10.5 Å². The maximum absolute atomic E-state index is 12.0. The van der Waals surface area contributed by atoms with E-state index in [1.54, 1.807) is 24.3 Å². The van der Waals surface area contributed by atoms with Crippen LogP contribution in [0.1, 0.15) is 11.1 Å². The first-order valence-corrected chi connectivity index (χ1v) is 7.83. The summed E-state index contributed by atoms with van der Waals surface area (Å²) < 4.78 is 15.3. The number of nitro groups is 1. The van der Waals surface area contributed by atoms with Gasteiger partial charge in [-0.15, -0.1) is 0 Å². The lowest BCUT2D eigenvalue weighted by Gasteiger charge is -2.09. The van der Waals surface area contributed by atoms with Crippen LogP contribution in [0.25, 0.3) is 0 Å². The van der Waals surface area contributed by atoms with Crippen molar-refractivity contribution in [3.05, 3.63) is 57.6 Å². The molecule has 0 aliphatic rings. The van der Waals surface area contributed by atoms with Gasteiger partial charge in [-0.2, -0.15) is 5.10 Å². The molecule has 0 aromatic heterocycles. The van der Waals surface area contributed by atoms with Crippen LogP contribution in [0.4, 0.5) is 5.69 Å². The molecule has 0 saturated heterocycles. The quantitative estimate of drug-likeness (QED) is 0.432. The van der Waals surface area contributed by atoms with Crippen molar-refractivity contribution >= 4 is 17.8 Å². The molecule has 0 unspecified atom stereocenters. The van der Waals surface area contributed by atoms with Crippen LogP contribution in [0.5, 0.6) is 17.2 Å². The van der Waals surface area contributed by atoms with E-state index in [9.17, 15) is 14.9 Å². The van der Waals surface area contributed by atoms with Crippen molar-refractivity contribution in [3.8, 4) is 17.2 Å². The summed E-state index contributed by atoms with van der Waals surface area (Å²) in [4.78, 5) is 22.5. The minimum absolute atomic E-state index is 0.0838. The van der Waals surface area contributed by atoms with Gasteiger partial charge in [0, 0.05) is 11.6 Å². The van der Waals surface area contributed by atoms with Gasteiger partial charge in [0.1, 0.15) is 0 Å². The second kappa shape index (κ2) is 9.18. The van der Waals surface area contributed by atoms with Gasteiger partial charge in [-0.3, -0.25) is 14.9 Å². The molecule has 0 fully saturated rings. The molecule has 1 N–H and O–H groups in total. The molecular formula is C18H19N3O6. The van der Waals surface area contributed by atoms with Crippen LogP contribution in [-0.4, -0.2) is 38.4 Å². The van der Waals surface area contributed by atoms with Crippen molar-refractivity contribution in [2.45, 2.75) is 6.42 Å². The van der Waals surface area contributed by atoms with E-state index in [4.69, 9.17) is 14.2 Å². The van der Waals surface area contributed by atoms with Crippen LogP contribution in [-0.2, 0) is 11.2 Å². The molecule has 9 heteroatoms. The number of benzene rings is 2. The largest absolute Gasteiger partial charge is 0.493 e. The number of hydrogen-bond donors (Lipinski definition) is 1. The normalized spacial score (nSPS) is 10.5. The van der Waals surface area contributed by atoms with Gasteiger partial charge in [-0.05, 0) is 29.8 Å². The Labute approximate surface area is 155 Å². The zero-order valence-electron chi connectivity index (χ0n) is 15.1. The molecule has 142 valence electrons. The third-order valence-corrected chi connectivity index (χ3v) is 3.62. The Kier molecular flexibility index (Phi) is 6.70. The highest BCUT2D eigenvalue weighted by atomic mass is 16.6. The molecule has 27 heavy (non-hydrogen) atoms. The molecule has 0 radical (unpaired) electrons. The molecule has 9 nitrogen and oxygen atoms in total. The fourth-order valence-electron chi connectivity index (χ4n) is 2.32. The van der Waals surface area contributed by atoms with Crippen LogP contribution < -0.4 is 19.6 Å². The summed E-state index contributed by atoms with van der Waals surface area (Å²) in [7, 11) is 4.40. The molecule has 0 atom stereocenters. The molecule has 2 rings (SSSR count). The zero-order chi connectivity index (χ0) is 19.8. The minimum Gasteiger partial charge on any atom is -0.493 e. The molecule has 2 aromatic carbocycles. The molecule has 1 amide bonds. The SMILES string of the molecule is COc1ccc(CC(=O)N/N=C\c2ccc(OC)c([N+](=O)[O-])c2)cc1OC. The summed E-state index contributed by atoms with van der Waals surface area (Å²) >= 11 is 0. The summed E-state index contributed by atoms with van der Waals surface area (Å²) in [5.74, 6) is 0.897. The molecule has 0 heterocycles. The van der Waals surface area contributed by atoms with E-state index in [0.717, 1.165) is 5.56 Å². The number of nitrogens with one attached hydrogen (secondary N) is 1. The Morgan fingerprint density at radius 3 is 2.37 bits per heavy atom. The lowest BCUT2D eigenvalue weighted by molar-refractivity contribution is -0.385. The third-order valence-electron chi connectivity index (χ3n) is 3.62. The van der Waals surface area contributed by atoms with Crippen molar-refractivity contribution in [2.75, 3.05) is 21.3 Å². The van der Waals surface area contributed by atoms with E-state index in [-0.39, 0.29) is 23.8 Å². The second-order valence-corrected chi connectivity index (χ2v) is 5.35. The predicted molar refractivity (Wildman–Crippen MR) is 98.6 cm³/mol. The number of hydrazone groups is 1. The first-order chi connectivity index (χ1) is 13.0. The van der Waals surface area contributed by atoms with Crippen molar-refractivity contribution in [2.24, 2.45) is 5.10 Å². The van der Waals surface area contributed by atoms with Crippen LogP contribution in [0.3, 0.4) is 0 Å². The highest BCUT2D eigenvalue weighted by molar-refractivity contribution is 5.84. The van der Waals surface area contributed by atoms with Gasteiger partial charge in [-0.25, -0.2) is 5.43 Å². The van der Waals surface area contributed by atoms with E-state index >= 15 is 0 Å². The molecule has 0 saturated carbocycles. The Morgan fingerprint density at radius 2 is 1.74 bits per heavy atom. The Balaban J connectivity index is 2.01. The van der Waals surface area contributed by atoms with Crippen molar-refractivity contribution in [1.29, 1.82) is 0 Å². The van der Waals surface area contributed by atoms with E-state index < -0.39 is 4.92 Å². The number of methoxy groups -OCH3 is 3. The van der Waals surface area contributed by atoms with Crippen molar-refractivity contribution in [3.63, 3.8) is 0 Å². The first-order valence-electron chi connectivity index (χ1n) is 7.83. The number of ether oxygens (including phenoxy) is 3. The van der Waals surface area contributed by atoms with Gasteiger partial charge in [-0.1, -0.05) is 6.07 Å². The maximum atomic E-state index is 12.0. The summed E-state index contributed by atoms with van der Waals surface area (Å²) in [6.45, 7) is 0. The summed E-state index contributed by atoms with van der Waals surface area (Å²) in [6.07, 6.45) is 1.40. The van der Waals surface area contributed by atoms with E-state index in [1.807, 2.05) is 0 Å². The minimum atomic E-state index is -0.550. The lowest BCUT2D eigenvalue weighted by Crippen LogP contribution is -2.19. The number of nitrogens with zero attached hydrogens (tertiary/aromatic N) is 2. The monoisotopic (exact) mass is 373 g/mol. The first kappa shape index (κ1) is 19.7. The van der Waals surface area contributed by atoms with Gasteiger partial charge >= 0.3 is 5.69 Å². The number of rotatable bonds is 8. The fraction of sp³-hybridized carbons (Fsp3) is 0.222. The van der Waals surface area contributed by atoms with Crippen molar-refractivity contribution in [1.82, 2.24) is 5.43 Å². The zero-order valence-corrected chi connectivity index (χ0v) is 15.1. The molecule has 0 bridgehead atoms. The molecule has 0 aliphatic heterocycles. The third kappa shape index (κ3) is 5.18. The standard InChI is InChI=1S/C18H19N3O6/c1-25-15-6-5-13(8-14(15)21(23)24)11-19-20-18(22)10-12-4-7-16(26-2)17(9-12)27-3/h4-9,11H,10H2,1-3H3,(H,20,22)/b19-11-. The topological polar surface area (TPSA) is 112 Å². The molecular weight excluding hydrogens is 354 g/mol. The van der Waals surface area contributed by atoms with Crippen molar-refractivity contribution < 1.29 is 23.9 Å². The number of carbonyl (C=O) groups is 1. The lowest BCUT2D eigenvalue weighted by atomic mass is 10.1. The van der Waals surface area contributed by atoms with E-state index in [1.165, 1.54) is 39.7 Å². The Hall–Kier alpha value is -3.62. The van der Waals surface area contributed by atoms with Gasteiger partial charge < -0.3 is 14.2 Å². The highest BCUT2D eigenvalue weighted by Crippen LogP contribution is 2.28. The number of nitro benzene ring substituents is 1. The summed E-state index contributed by atoms with van der Waals surface area (Å²) in [5, 5.41) is 14.8. The van der Waals surface area contributed by atoms with E-state index in [0.29, 0.717) is 17.1 Å². The molecule has 0 spiro atoms. The Morgan fingerprint density at radius 1 is 1.07 bits per heavy atom. The second-order valence-electron chi connectivity index (χ2n) is 5.35. The fourth-order valence-corrected chi connectivity index (χ4v) is 2.32. The average Bonchev–Trinajstić information content (AvgIpc) is 2.67. The smallest absolute Gasteiger partial charge is 0.311 e. The molecule has 0 aliphatic carbocycles. The predicted octanol–water partition coefficient (Wildman–Crippen LogP) is 2.31. The van der Waals surface area contributed by atoms with Gasteiger partial charge in [0.2, 0.25) is 5.91 Å². The van der Waals surface area contributed by atoms with Gasteiger partial charge in [0.15, 0.2) is 17.2 Å². The Bertz CT molecular complexity index is 866. The molecule has 2 aromatic rings. The van der Waals surface area contributed by atoms with Crippen LogP contribution in [0, 0.1) is 10.1 Å². The van der Waals surface area contributed by atoms with Crippen LogP contribution >= 0.6 is 0 Å². The summed E-state index contributed by atoms with van der Waals surface area (Å²) in [6, 6.07) is 9.53. The highest BCUT2D eigenvalue weighted by Gasteiger charge is 2.14.